The molecule has 0 atom stereocenters. The summed E-state index contributed by atoms with van der Waals surface area (Å²) in [6, 6.07) is 5.50. The summed E-state index contributed by atoms with van der Waals surface area (Å²) in [5.41, 5.74) is -0.467. The Bertz CT molecular complexity index is 402. The van der Waals surface area contributed by atoms with E-state index in [2.05, 4.69) is 5.32 Å². The smallest absolute Gasteiger partial charge is 0.251 e. The zero-order valence-electron chi connectivity index (χ0n) is 8.87. The fourth-order valence-corrected chi connectivity index (χ4v) is 1.74. The molecule has 1 aliphatic carbocycles. The van der Waals surface area contributed by atoms with E-state index < -0.39 is 11.4 Å². The second-order valence-corrected chi connectivity index (χ2v) is 4.27. The highest BCUT2D eigenvalue weighted by Gasteiger charge is 2.34. The van der Waals surface area contributed by atoms with Crippen LogP contribution in [-0.4, -0.2) is 23.2 Å². The molecular formula is C12H14FNO2. The van der Waals surface area contributed by atoms with Crippen LogP contribution in [0.4, 0.5) is 4.39 Å². The Hall–Kier alpha value is -1.42. The summed E-state index contributed by atoms with van der Waals surface area (Å²) in [4.78, 5) is 11.6. The maximum atomic E-state index is 12.8. The van der Waals surface area contributed by atoms with Crippen LogP contribution in [0.25, 0.3) is 0 Å². The van der Waals surface area contributed by atoms with Gasteiger partial charge < -0.3 is 10.4 Å². The highest BCUT2D eigenvalue weighted by Crippen LogP contribution is 2.30. The topological polar surface area (TPSA) is 49.3 Å². The summed E-state index contributed by atoms with van der Waals surface area (Å²) < 4.78 is 12.8. The first-order chi connectivity index (χ1) is 7.59. The number of carbonyl (C=O) groups is 1. The second-order valence-electron chi connectivity index (χ2n) is 4.27. The minimum atomic E-state index is -0.747. The summed E-state index contributed by atoms with van der Waals surface area (Å²) in [7, 11) is 0. The molecule has 1 aromatic carbocycles. The average Bonchev–Trinajstić information content (AvgIpc) is 2.23. The molecule has 1 aromatic rings. The van der Waals surface area contributed by atoms with Crippen molar-refractivity contribution in [1.29, 1.82) is 0 Å². The summed E-state index contributed by atoms with van der Waals surface area (Å²) in [5, 5.41) is 12.4. The molecule has 0 aromatic heterocycles. The molecule has 1 amide bonds. The third-order valence-electron chi connectivity index (χ3n) is 2.95. The first-order valence-corrected chi connectivity index (χ1v) is 5.35. The van der Waals surface area contributed by atoms with Crippen LogP contribution in [0.3, 0.4) is 0 Å². The molecule has 0 radical (unpaired) electrons. The molecule has 1 aliphatic rings. The van der Waals surface area contributed by atoms with Gasteiger partial charge in [0.25, 0.3) is 5.91 Å². The lowest BCUT2D eigenvalue weighted by molar-refractivity contribution is -0.0300. The molecule has 0 spiro atoms. The molecule has 2 rings (SSSR count). The van der Waals surface area contributed by atoms with Crippen LogP contribution >= 0.6 is 0 Å². The minimum Gasteiger partial charge on any atom is -0.388 e. The lowest BCUT2D eigenvalue weighted by atomic mass is 9.80. The highest BCUT2D eigenvalue weighted by molar-refractivity contribution is 5.94. The minimum absolute atomic E-state index is 0.238. The van der Waals surface area contributed by atoms with E-state index in [0.29, 0.717) is 0 Å². The lowest BCUT2D eigenvalue weighted by Gasteiger charge is -2.36. The van der Waals surface area contributed by atoms with Crippen molar-refractivity contribution in [3.8, 4) is 0 Å². The average molecular weight is 223 g/mol. The van der Waals surface area contributed by atoms with Crippen molar-refractivity contribution in [2.75, 3.05) is 6.54 Å². The number of amides is 1. The largest absolute Gasteiger partial charge is 0.388 e. The Labute approximate surface area is 93.3 Å². The molecular weight excluding hydrogens is 209 g/mol. The van der Waals surface area contributed by atoms with Gasteiger partial charge in [0, 0.05) is 12.1 Å². The Morgan fingerprint density at radius 1 is 1.50 bits per heavy atom. The first-order valence-electron chi connectivity index (χ1n) is 5.35. The van der Waals surface area contributed by atoms with Crippen molar-refractivity contribution in [2.24, 2.45) is 0 Å². The van der Waals surface area contributed by atoms with E-state index in [1.165, 1.54) is 18.2 Å². The number of rotatable bonds is 3. The summed E-state index contributed by atoms with van der Waals surface area (Å²) in [5.74, 6) is -0.783. The van der Waals surface area contributed by atoms with Crippen molar-refractivity contribution in [1.82, 2.24) is 5.32 Å². The van der Waals surface area contributed by atoms with Gasteiger partial charge in [0.2, 0.25) is 0 Å². The van der Waals surface area contributed by atoms with Crippen molar-refractivity contribution >= 4 is 5.91 Å². The molecule has 86 valence electrons. The SMILES string of the molecule is O=C(NCC1(O)CCC1)c1cccc(F)c1. The van der Waals surface area contributed by atoms with Gasteiger partial charge in [-0.15, -0.1) is 0 Å². The number of aliphatic hydroxyl groups is 1. The second kappa shape index (κ2) is 4.22. The molecule has 16 heavy (non-hydrogen) atoms. The van der Waals surface area contributed by atoms with Crippen molar-refractivity contribution in [2.45, 2.75) is 24.9 Å². The highest BCUT2D eigenvalue weighted by atomic mass is 19.1. The quantitative estimate of drug-likeness (QED) is 0.815. The zero-order valence-corrected chi connectivity index (χ0v) is 8.87. The molecule has 3 nitrogen and oxygen atoms in total. The summed E-state index contributed by atoms with van der Waals surface area (Å²) in [6.45, 7) is 0.238. The third-order valence-corrected chi connectivity index (χ3v) is 2.95. The Morgan fingerprint density at radius 2 is 2.25 bits per heavy atom. The van der Waals surface area contributed by atoms with E-state index in [1.807, 2.05) is 0 Å². The summed E-state index contributed by atoms with van der Waals surface area (Å²) in [6.07, 6.45) is 2.43. The van der Waals surface area contributed by atoms with Crippen LogP contribution in [0.1, 0.15) is 29.6 Å². The van der Waals surface area contributed by atoms with E-state index >= 15 is 0 Å². The van der Waals surface area contributed by atoms with Crippen molar-refractivity contribution in [3.63, 3.8) is 0 Å². The van der Waals surface area contributed by atoms with Crippen LogP contribution in [0.15, 0.2) is 24.3 Å². The number of hydrogen-bond donors (Lipinski definition) is 2. The number of nitrogens with one attached hydrogen (secondary N) is 1. The molecule has 4 heteroatoms. The van der Waals surface area contributed by atoms with Crippen LogP contribution < -0.4 is 5.32 Å². The number of halogens is 1. The molecule has 1 fully saturated rings. The van der Waals surface area contributed by atoms with E-state index in [1.54, 1.807) is 6.07 Å². The molecule has 2 N–H and O–H groups in total. The van der Waals surface area contributed by atoms with Gasteiger partial charge in [-0.25, -0.2) is 4.39 Å². The molecule has 0 bridgehead atoms. The van der Waals surface area contributed by atoms with Crippen LogP contribution in [0.5, 0.6) is 0 Å². The molecule has 1 saturated carbocycles. The first kappa shape index (κ1) is 11.1. The Morgan fingerprint density at radius 3 is 2.81 bits per heavy atom. The van der Waals surface area contributed by atoms with Gasteiger partial charge >= 0.3 is 0 Å². The monoisotopic (exact) mass is 223 g/mol. The Balaban J connectivity index is 1.93. The van der Waals surface area contributed by atoms with Gasteiger partial charge in [0.15, 0.2) is 0 Å². The number of hydrogen-bond acceptors (Lipinski definition) is 2. The molecule has 0 heterocycles. The van der Waals surface area contributed by atoms with Crippen molar-refractivity contribution < 1.29 is 14.3 Å². The lowest BCUT2D eigenvalue weighted by Crippen LogP contribution is -2.47. The maximum absolute atomic E-state index is 12.8. The van der Waals surface area contributed by atoms with Gasteiger partial charge in [-0.2, -0.15) is 0 Å². The fourth-order valence-electron chi connectivity index (χ4n) is 1.74. The van der Waals surface area contributed by atoms with E-state index in [-0.39, 0.29) is 18.0 Å². The van der Waals surface area contributed by atoms with Gasteiger partial charge in [0.05, 0.1) is 5.60 Å². The number of benzene rings is 1. The van der Waals surface area contributed by atoms with Crippen molar-refractivity contribution in [3.05, 3.63) is 35.6 Å². The van der Waals surface area contributed by atoms with Gasteiger partial charge in [-0.05, 0) is 37.5 Å². The molecule has 0 saturated heterocycles. The van der Waals surface area contributed by atoms with E-state index in [0.717, 1.165) is 19.3 Å². The standard InChI is InChI=1S/C12H14FNO2/c13-10-4-1-3-9(7-10)11(15)14-8-12(16)5-2-6-12/h1,3-4,7,16H,2,5-6,8H2,(H,14,15). The predicted molar refractivity (Wildman–Crippen MR) is 57.5 cm³/mol. The van der Waals surface area contributed by atoms with Crippen LogP contribution in [0, 0.1) is 5.82 Å². The molecule has 0 aliphatic heterocycles. The zero-order chi connectivity index (χ0) is 11.6. The fraction of sp³-hybridized carbons (Fsp3) is 0.417. The number of carbonyl (C=O) groups excluding carboxylic acids is 1. The summed E-state index contributed by atoms with van der Waals surface area (Å²) >= 11 is 0. The van der Waals surface area contributed by atoms with Gasteiger partial charge in [0.1, 0.15) is 5.82 Å². The van der Waals surface area contributed by atoms with Gasteiger partial charge in [-0.3, -0.25) is 4.79 Å². The molecule has 0 unspecified atom stereocenters. The Kier molecular flexibility index (Phi) is 2.92. The third kappa shape index (κ3) is 2.39. The van der Waals surface area contributed by atoms with Crippen LogP contribution in [0.2, 0.25) is 0 Å². The van der Waals surface area contributed by atoms with E-state index in [9.17, 15) is 14.3 Å². The van der Waals surface area contributed by atoms with E-state index in [4.69, 9.17) is 0 Å². The predicted octanol–water partition coefficient (Wildman–Crippen LogP) is 1.47. The van der Waals surface area contributed by atoms with Gasteiger partial charge in [-0.1, -0.05) is 6.07 Å². The normalized spacial score (nSPS) is 17.6. The van der Waals surface area contributed by atoms with Crippen LogP contribution in [-0.2, 0) is 0 Å². The maximum Gasteiger partial charge on any atom is 0.251 e.